The molecule has 2 aromatic carbocycles. The number of anilines is 1. The minimum absolute atomic E-state index is 0.355. The van der Waals surface area contributed by atoms with Crippen LogP contribution in [0.25, 0.3) is 0 Å². The van der Waals surface area contributed by atoms with Crippen molar-refractivity contribution in [3.8, 4) is 5.75 Å². The van der Waals surface area contributed by atoms with E-state index < -0.39 is 23.5 Å². The Kier molecular flexibility index (Phi) is 4.40. The maximum Gasteiger partial charge on any atom is 0.152 e. The molecule has 0 radical (unpaired) electrons. The Morgan fingerprint density at radius 2 is 1.67 bits per heavy atom. The van der Waals surface area contributed by atoms with Crippen molar-refractivity contribution in [2.45, 2.75) is 19.9 Å². The van der Waals surface area contributed by atoms with E-state index in [1.807, 2.05) is 25.1 Å². The minimum atomic E-state index is -0.967. The second-order valence-corrected chi connectivity index (χ2v) is 4.86. The Morgan fingerprint density at radius 3 is 2.24 bits per heavy atom. The number of methoxy groups -OCH3 is 1. The average Bonchev–Trinajstić information content (AvgIpc) is 2.42. The van der Waals surface area contributed by atoms with Gasteiger partial charge in [0, 0.05) is 17.7 Å². The van der Waals surface area contributed by atoms with E-state index in [1.165, 1.54) is 7.11 Å². The monoisotopic (exact) mass is 295 g/mol. The van der Waals surface area contributed by atoms with Gasteiger partial charge in [0.1, 0.15) is 17.3 Å². The number of aryl methyl sites for hydroxylation is 1. The highest BCUT2D eigenvalue weighted by Gasteiger charge is 2.17. The molecule has 1 atom stereocenters. The molecule has 0 saturated carbocycles. The summed E-state index contributed by atoms with van der Waals surface area (Å²) in [5, 5.41) is 2.72. The molecule has 2 aromatic rings. The largest absolute Gasteiger partial charge is 0.496 e. The molecular weight excluding hydrogens is 279 g/mol. The summed E-state index contributed by atoms with van der Waals surface area (Å²) in [7, 11) is 1.53. The van der Waals surface area contributed by atoms with Gasteiger partial charge in [0.15, 0.2) is 11.6 Å². The van der Waals surface area contributed by atoms with Crippen molar-refractivity contribution < 1.29 is 17.9 Å². The van der Waals surface area contributed by atoms with E-state index in [-0.39, 0.29) is 5.69 Å². The Bertz CT molecular complexity index is 635. The molecule has 1 unspecified atom stereocenters. The van der Waals surface area contributed by atoms with E-state index in [1.54, 1.807) is 6.92 Å². The van der Waals surface area contributed by atoms with Gasteiger partial charge in [-0.1, -0.05) is 12.1 Å². The third-order valence-electron chi connectivity index (χ3n) is 3.22. The summed E-state index contributed by atoms with van der Waals surface area (Å²) in [5.41, 5.74) is 1.42. The number of nitrogens with one attached hydrogen (secondary N) is 1. The zero-order chi connectivity index (χ0) is 15.6. The molecule has 0 aliphatic heterocycles. The summed E-state index contributed by atoms with van der Waals surface area (Å²) < 4.78 is 45.5. The van der Waals surface area contributed by atoms with Crippen LogP contribution in [-0.4, -0.2) is 7.11 Å². The van der Waals surface area contributed by atoms with Crippen LogP contribution in [-0.2, 0) is 0 Å². The lowest BCUT2D eigenvalue weighted by Crippen LogP contribution is -2.11. The number of hydrogen-bond acceptors (Lipinski definition) is 2. The number of benzene rings is 2. The fourth-order valence-electron chi connectivity index (χ4n) is 2.15. The van der Waals surface area contributed by atoms with Gasteiger partial charge in [0.2, 0.25) is 0 Å². The van der Waals surface area contributed by atoms with Crippen LogP contribution in [0.3, 0.4) is 0 Å². The maximum absolute atomic E-state index is 13.7. The van der Waals surface area contributed by atoms with E-state index in [2.05, 4.69) is 5.32 Å². The molecule has 0 aliphatic carbocycles. The van der Waals surface area contributed by atoms with Crippen LogP contribution in [0.4, 0.5) is 18.9 Å². The summed E-state index contributed by atoms with van der Waals surface area (Å²) in [6.45, 7) is 3.67. The van der Waals surface area contributed by atoms with Crippen LogP contribution >= 0.6 is 0 Å². The summed E-state index contributed by atoms with van der Waals surface area (Å²) in [5.74, 6) is -2.26. The van der Waals surface area contributed by atoms with Gasteiger partial charge in [0.05, 0.1) is 13.2 Å². The van der Waals surface area contributed by atoms with Crippen molar-refractivity contribution in [1.29, 1.82) is 0 Å². The first-order valence-corrected chi connectivity index (χ1v) is 6.48. The SMILES string of the molecule is COc1cc(C)ccc1C(C)Nc1c(F)cc(F)cc1F. The number of halogens is 3. The first kappa shape index (κ1) is 15.2. The van der Waals surface area contributed by atoms with Gasteiger partial charge in [-0.15, -0.1) is 0 Å². The summed E-state index contributed by atoms with van der Waals surface area (Å²) in [6, 6.07) is 6.42. The number of ether oxygens (including phenoxy) is 1. The highest BCUT2D eigenvalue weighted by atomic mass is 19.1. The third kappa shape index (κ3) is 3.29. The number of hydrogen-bond donors (Lipinski definition) is 1. The third-order valence-corrected chi connectivity index (χ3v) is 3.22. The zero-order valence-electron chi connectivity index (χ0n) is 12.0. The average molecular weight is 295 g/mol. The van der Waals surface area contributed by atoms with Gasteiger partial charge in [-0.2, -0.15) is 0 Å². The van der Waals surface area contributed by atoms with Gasteiger partial charge in [-0.25, -0.2) is 13.2 Å². The molecule has 0 heterocycles. The molecule has 0 amide bonds. The molecule has 0 saturated heterocycles. The Morgan fingerprint density at radius 1 is 1.05 bits per heavy atom. The van der Waals surface area contributed by atoms with Gasteiger partial charge in [0.25, 0.3) is 0 Å². The van der Waals surface area contributed by atoms with Crippen LogP contribution in [0, 0.1) is 24.4 Å². The van der Waals surface area contributed by atoms with Crippen LogP contribution in [0.15, 0.2) is 30.3 Å². The van der Waals surface area contributed by atoms with Crippen LogP contribution in [0.5, 0.6) is 5.75 Å². The van der Waals surface area contributed by atoms with Gasteiger partial charge in [-0.3, -0.25) is 0 Å². The van der Waals surface area contributed by atoms with Gasteiger partial charge < -0.3 is 10.1 Å². The molecule has 0 aliphatic rings. The lowest BCUT2D eigenvalue weighted by Gasteiger charge is -2.19. The molecule has 112 valence electrons. The normalized spacial score (nSPS) is 12.1. The second-order valence-electron chi connectivity index (χ2n) is 4.86. The fourth-order valence-corrected chi connectivity index (χ4v) is 2.15. The summed E-state index contributed by atoms with van der Waals surface area (Å²) in [6.07, 6.45) is 0. The molecule has 2 nitrogen and oxygen atoms in total. The topological polar surface area (TPSA) is 21.3 Å². The quantitative estimate of drug-likeness (QED) is 0.890. The molecule has 2 rings (SSSR count). The fraction of sp³-hybridized carbons (Fsp3) is 0.250. The lowest BCUT2D eigenvalue weighted by atomic mass is 10.0. The predicted molar refractivity (Wildman–Crippen MR) is 76.1 cm³/mol. The standard InChI is InChI=1S/C16H16F3NO/c1-9-4-5-12(15(6-9)21-3)10(2)20-16-13(18)7-11(17)8-14(16)19/h4-8,10,20H,1-3H3. The van der Waals surface area contributed by atoms with Crippen LogP contribution < -0.4 is 10.1 Å². The predicted octanol–water partition coefficient (Wildman–Crippen LogP) is 4.59. The molecule has 21 heavy (non-hydrogen) atoms. The Labute approximate surface area is 121 Å². The first-order valence-electron chi connectivity index (χ1n) is 6.48. The van der Waals surface area contributed by atoms with Crippen LogP contribution in [0.1, 0.15) is 24.1 Å². The van der Waals surface area contributed by atoms with Crippen molar-refractivity contribution in [1.82, 2.24) is 0 Å². The highest BCUT2D eigenvalue weighted by Crippen LogP contribution is 2.30. The van der Waals surface area contributed by atoms with Crippen molar-refractivity contribution in [2.75, 3.05) is 12.4 Å². The van der Waals surface area contributed by atoms with E-state index in [0.29, 0.717) is 17.9 Å². The summed E-state index contributed by atoms with van der Waals surface area (Å²) in [4.78, 5) is 0. The zero-order valence-corrected chi connectivity index (χ0v) is 12.0. The molecule has 1 N–H and O–H groups in total. The van der Waals surface area contributed by atoms with E-state index >= 15 is 0 Å². The van der Waals surface area contributed by atoms with E-state index in [0.717, 1.165) is 11.1 Å². The van der Waals surface area contributed by atoms with Crippen molar-refractivity contribution in [2.24, 2.45) is 0 Å². The minimum Gasteiger partial charge on any atom is -0.496 e. The van der Waals surface area contributed by atoms with Gasteiger partial charge in [-0.05, 0) is 25.5 Å². The summed E-state index contributed by atoms with van der Waals surface area (Å²) >= 11 is 0. The smallest absolute Gasteiger partial charge is 0.152 e. The van der Waals surface area contributed by atoms with Crippen molar-refractivity contribution in [3.05, 3.63) is 58.9 Å². The second kappa shape index (κ2) is 6.08. The van der Waals surface area contributed by atoms with Crippen molar-refractivity contribution in [3.63, 3.8) is 0 Å². The molecule has 0 fully saturated rings. The molecule has 0 aromatic heterocycles. The maximum atomic E-state index is 13.7. The van der Waals surface area contributed by atoms with Crippen LogP contribution in [0.2, 0.25) is 0 Å². The first-order chi connectivity index (χ1) is 9.92. The molecule has 0 bridgehead atoms. The molecular formula is C16H16F3NO. The molecule has 0 spiro atoms. The van der Waals surface area contributed by atoms with Gasteiger partial charge >= 0.3 is 0 Å². The van der Waals surface area contributed by atoms with E-state index in [9.17, 15) is 13.2 Å². The Hall–Kier alpha value is -2.17. The highest BCUT2D eigenvalue weighted by molar-refractivity contribution is 5.50. The lowest BCUT2D eigenvalue weighted by molar-refractivity contribution is 0.407. The molecule has 5 heteroatoms. The van der Waals surface area contributed by atoms with E-state index in [4.69, 9.17) is 4.74 Å². The number of rotatable bonds is 4. The van der Waals surface area contributed by atoms with Crippen molar-refractivity contribution >= 4 is 5.69 Å². The Balaban J connectivity index is 2.32.